The third kappa shape index (κ3) is 4.05. The normalized spacial score (nSPS) is 11.5. The molecule has 0 spiro atoms. The van der Waals surface area contributed by atoms with Crippen molar-refractivity contribution < 1.29 is 13.2 Å². The van der Waals surface area contributed by atoms with Crippen LogP contribution in [0, 0.1) is 0 Å². The summed E-state index contributed by atoms with van der Waals surface area (Å²) in [7, 11) is 0. The maximum Gasteiger partial charge on any atom is 0.416 e. The summed E-state index contributed by atoms with van der Waals surface area (Å²) < 4.78 is 38.5. The average Bonchev–Trinajstić information content (AvgIpc) is 2.43. The largest absolute Gasteiger partial charge is 0.416 e. The standard InChI is InChI=1S/C14H9BrCl2F3N/c15-10-4-5-11(13(17)12(10)16)21-7-8-2-1-3-9(6-8)14(18,19)20/h1-6,21H,7H2. The Kier molecular flexibility index (Phi) is 5.07. The highest BCUT2D eigenvalue weighted by Crippen LogP contribution is 2.36. The van der Waals surface area contributed by atoms with Crippen LogP contribution in [-0.4, -0.2) is 0 Å². The number of halogens is 6. The van der Waals surface area contributed by atoms with Gasteiger partial charge in [-0.1, -0.05) is 35.3 Å². The van der Waals surface area contributed by atoms with Crippen molar-refractivity contribution >= 4 is 44.8 Å². The van der Waals surface area contributed by atoms with Crippen molar-refractivity contribution in [3.8, 4) is 0 Å². The highest BCUT2D eigenvalue weighted by atomic mass is 79.9. The van der Waals surface area contributed by atoms with Crippen molar-refractivity contribution in [2.75, 3.05) is 5.32 Å². The van der Waals surface area contributed by atoms with Gasteiger partial charge in [0, 0.05) is 11.0 Å². The smallest absolute Gasteiger partial charge is 0.380 e. The first-order valence-electron chi connectivity index (χ1n) is 5.82. The van der Waals surface area contributed by atoms with Gasteiger partial charge >= 0.3 is 6.18 Å². The Morgan fingerprint density at radius 2 is 1.76 bits per heavy atom. The Labute approximate surface area is 138 Å². The predicted molar refractivity (Wildman–Crippen MR) is 82.9 cm³/mol. The molecule has 0 aliphatic heterocycles. The van der Waals surface area contributed by atoms with Gasteiger partial charge in [0.1, 0.15) is 0 Å². The number of anilines is 1. The summed E-state index contributed by atoms with van der Waals surface area (Å²) in [5, 5.41) is 3.64. The number of nitrogens with one attached hydrogen (secondary N) is 1. The minimum absolute atomic E-state index is 0.210. The molecule has 0 saturated heterocycles. The van der Waals surface area contributed by atoms with Gasteiger partial charge in [0.2, 0.25) is 0 Å². The van der Waals surface area contributed by atoms with Crippen LogP contribution < -0.4 is 5.32 Å². The van der Waals surface area contributed by atoms with Crippen LogP contribution in [-0.2, 0) is 12.7 Å². The lowest BCUT2D eigenvalue weighted by Gasteiger charge is -2.12. The number of rotatable bonds is 3. The number of benzene rings is 2. The van der Waals surface area contributed by atoms with E-state index in [2.05, 4.69) is 21.2 Å². The van der Waals surface area contributed by atoms with Crippen LogP contribution in [0.25, 0.3) is 0 Å². The zero-order valence-electron chi connectivity index (χ0n) is 10.4. The molecule has 0 saturated carbocycles. The summed E-state index contributed by atoms with van der Waals surface area (Å²) in [6, 6.07) is 8.52. The minimum atomic E-state index is -4.35. The van der Waals surface area contributed by atoms with Crippen molar-refractivity contribution in [1.82, 2.24) is 0 Å². The van der Waals surface area contributed by atoms with E-state index in [4.69, 9.17) is 23.2 Å². The minimum Gasteiger partial charge on any atom is -0.380 e. The monoisotopic (exact) mass is 397 g/mol. The van der Waals surface area contributed by atoms with Gasteiger partial charge < -0.3 is 5.32 Å². The summed E-state index contributed by atoms with van der Waals surface area (Å²) >= 11 is 15.3. The maximum atomic E-state index is 12.6. The summed E-state index contributed by atoms with van der Waals surface area (Å²) in [6.45, 7) is 0.210. The second-order valence-corrected chi connectivity index (χ2v) is 5.88. The van der Waals surface area contributed by atoms with E-state index in [0.29, 0.717) is 25.8 Å². The molecule has 112 valence electrons. The fraction of sp³-hybridized carbons (Fsp3) is 0.143. The van der Waals surface area contributed by atoms with Gasteiger partial charge in [-0.3, -0.25) is 0 Å². The van der Waals surface area contributed by atoms with Crippen molar-refractivity contribution in [3.05, 3.63) is 62.0 Å². The summed E-state index contributed by atoms with van der Waals surface area (Å²) in [5.74, 6) is 0. The van der Waals surface area contributed by atoms with Crippen LogP contribution in [0.3, 0.4) is 0 Å². The second kappa shape index (κ2) is 6.46. The van der Waals surface area contributed by atoms with E-state index in [1.54, 1.807) is 18.2 Å². The Morgan fingerprint density at radius 3 is 2.43 bits per heavy atom. The Balaban J connectivity index is 2.16. The molecule has 0 amide bonds. The van der Waals surface area contributed by atoms with Gasteiger partial charge in [-0.05, 0) is 45.8 Å². The van der Waals surface area contributed by atoms with E-state index < -0.39 is 11.7 Å². The lowest BCUT2D eigenvalue weighted by Crippen LogP contribution is -2.07. The average molecular weight is 399 g/mol. The third-order valence-electron chi connectivity index (χ3n) is 2.77. The number of hydrogen-bond donors (Lipinski definition) is 1. The molecule has 1 N–H and O–H groups in total. The van der Waals surface area contributed by atoms with Crippen molar-refractivity contribution in [2.45, 2.75) is 12.7 Å². The van der Waals surface area contributed by atoms with Gasteiger partial charge in [0.25, 0.3) is 0 Å². The van der Waals surface area contributed by atoms with Crippen LogP contribution in [0.15, 0.2) is 40.9 Å². The molecule has 0 fully saturated rings. The van der Waals surface area contributed by atoms with E-state index in [1.165, 1.54) is 6.07 Å². The summed E-state index contributed by atoms with van der Waals surface area (Å²) in [4.78, 5) is 0. The first kappa shape index (κ1) is 16.5. The van der Waals surface area contributed by atoms with Crippen LogP contribution >= 0.6 is 39.1 Å². The fourth-order valence-corrected chi connectivity index (χ4v) is 2.56. The zero-order chi connectivity index (χ0) is 15.6. The summed E-state index contributed by atoms with van der Waals surface area (Å²) in [6.07, 6.45) is -4.35. The molecule has 7 heteroatoms. The second-order valence-electron chi connectivity index (χ2n) is 4.27. The molecule has 0 atom stereocenters. The highest BCUT2D eigenvalue weighted by Gasteiger charge is 2.30. The van der Waals surface area contributed by atoms with Gasteiger partial charge in [0.05, 0.1) is 21.3 Å². The van der Waals surface area contributed by atoms with Gasteiger partial charge in [-0.2, -0.15) is 13.2 Å². The van der Waals surface area contributed by atoms with E-state index in [0.717, 1.165) is 12.1 Å². The molecule has 0 radical (unpaired) electrons. The lowest BCUT2D eigenvalue weighted by atomic mass is 10.1. The van der Waals surface area contributed by atoms with E-state index in [9.17, 15) is 13.2 Å². The third-order valence-corrected chi connectivity index (χ3v) is 4.54. The van der Waals surface area contributed by atoms with E-state index in [-0.39, 0.29) is 6.54 Å². The van der Waals surface area contributed by atoms with Gasteiger partial charge in [-0.15, -0.1) is 0 Å². The quantitative estimate of drug-likeness (QED) is 0.591. The van der Waals surface area contributed by atoms with Crippen LogP contribution in [0.4, 0.5) is 18.9 Å². The zero-order valence-corrected chi connectivity index (χ0v) is 13.5. The van der Waals surface area contributed by atoms with Crippen LogP contribution in [0.5, 0.6) is 0 Å². The van der Waals surface area contributed by atoms with Crippen molar-refractivity contribution in [1.29, 1.82) is 0 Å². The molecule has 0 aromatic heterocycles. The molecular formula is C14H9BrCl2F3N. The molecule has 2 aromatic rings. The topological polar surface area (TPSA) is 12.0 Å². The van der Waals surface area contributed by atoms with Gasteiger partial charge in [-0.25, -0.2) is 0 Å². The van der Waals surface area contributed by atoms with Crippen LogP contribution in [0.1, 0.15) is 11.1 Å². The Hall–Kier alpha value is -0.910. The van der Waals surface area contributed by atoms with Crippen molar-refractivity contribution in [3.63, 3.8) is 0 Å². The Morgan fingerprint density at radius 1 is 1.05 bits per heavy atom. The molecule has 2 rings (SSSR count). The molecular weight excluding hydrogens is 390 g/mol. The fourth-order valence-electron chi connectivity index (χ4n) is 1.72. The number of alkyl halides is 3. The molecule has 0 aliphatic rings. The van der Waals surface area contributed by atoms with E-state index >= 15 is 0 Å². The molecule has 1 nitrogen and oxygen atoms in total. The molecule has 21 heavy (non-hydrogen) atoms. The lowest BCUT2D eigenvalue weighted by molar-refractivity contribution is -0.137. The van der Waals surface area contributed by atoms with Crippen molar-refractivity contribution in [2.24, 2.45) is 0 Å². The van der Waals surface area contributed by atoms with Gasteiger partial charge in [0.15, 0.2) is 0 Å². The Bertz CT molecular complexity index is 659. The molecule has 0 aliphatic carbocycles. The highest BCUT2D eigenvalue weighted by molar-refractivity contribution is 9.10. The number of hydrogen-bond acceptors (Lipinski definition) is 1. The molecule has 2 aromatic carbocycles. The van der Waals surface area contributed by atoms with E-state index in [1.807, 2.05) is 0 Å². The first-order valence-corrected chi connectivity index (χ1v) is 7.37. The first-order chi connectivity index (χ1) is 9.79. The molecule has 0 bridgehead atoms. The van der Waals surface area contributed by atoms with Crippen LogP contribution in [0.2, 0.25) is 10.0 Å². The molecule has 0 heterocycles. The summed E-state index contributed by atoms with van der Waals surface area (Å²) in [5.41, 5.74) is 0.379. The SMILES string of the molecule is FC(F)(F)c1cccc(CNc2ccc(Br)c(Cl)c2Cl)c1. The maximum absolute atomic E-state index is 12.6. The molecule has 0 unspecified atom stereocenters. The predicted octanol–water partition coefficient (Wildman–Crippen LogP) is 6.39.